The zero-order chi connectivity index (χ0) is 5.98. The molecule has 0 bridgehead atoms. The van der Waals surface area contributed by atoms with Crippen molar-refractivity contribution in [3.8, 4) is 0 Å². The number of hydrogen-bond donors (Lipinski definition) is 1. The van der Waals surface area contributed by atoms with Crippen LogP contribution < -0.4 is 0 Å². The van der Waals surface area contributed by atoms with Crippen molar-refractivity contribution in [1.29, 1.82) is 0 Å². The van der Waals surface area contributed by atoms with E-state index in [9.17, 15) is 4.39 Å². The van der Waals surface area contributed by atoms with Crippen molar-refractivity contribution < 1.29 is 9.50 Å². The van der Waals surface area contributed by atoms with Gasteiger partial charge in [-0.05, 0) is 12.3 Å². The lowest BCUT2D eigenvalue weighted by atomic mass is 10.2. The summed E-state index contributed by atoms with van der Waals surface area (Å²) < 4.78 is 12.2. The van der Waals surface area contributed by atoms with Crippen LogP contribution in [0.15, 0.2) is 0 Å². The maximum atomic E-state index is 12.2. The van der Waals surface area contributed by atoms with Gasteiger partial charge in [0.25, 0.3) is 0 Å². The molecule has 2 heteroatoms. The Bertz CT molecular complexity index is 70.9. The molecule has 1 aliphatic carbocycles. The Hall–Kier alpha value is -0.110. The van der Waals surface area contributed by atoms with Gasteiger partial charge in [0.05, 0.1) is 6.61 Å². The van der Waals surface area contributed by atoms with Crippen LogP contribution in [-0.4, -0.2) is 17.9 Å². The van der Waals surface area contributed by atoms with E-state index < -0.39 is 6.17 Å². The highest BCUT2D eigenvalue weighted by molar-refractivity contribution is 4.75. The largest absolute Gasteiger partial charge is 0.393 e. The van der Waals surface area contributed by atoms with Gasteiger partial charge >= 0.3 is 0 Å². The lowest BCUT2D eigenvalue weighted by Crippen LogP contribution is -2.05. The van der Waals surface area contributed by atoms with E-state index in [4.69, 9.17) is 5.11 Å². The molecule has 1 aliphatic rings. The molecule has 0 unspecified atom stereocenters. The zero-order valence-electron chi connectivity index (χ0n) is 4.81. The Morgan fingerprint density at radius 1 is 1.62 bits per heavy atom. The monoisotopic (exact) mass is 118 g/mol. The molecule has 0 radical (unpaired) electrons. The van der Waals surface area contributed by atoms with Crippen LogP contribution in [0.1, 0.15) is 19.3 Å². The molecule has 0 aromatic heterocycles. The number of hydrogen-bond acceptors (Lipinski definition) is 1. The number of aliphatic hydroxyl groups excluding tert-OH is 1. The Morgan fingerprint density at radius 3 is 2.62 bits per heavy atom. The van der Waals surface area contributed by atoms with Gasteiger partial charge in [-0.2, -0.15) is 0 Å². The van der Waals surface area contributed by atoms with E-state index >= 15 is 0 Å². The molecule has 0 aromatic carbocycles. The third-order valence-corrected chi connectivity index (χ3v) is 1.48. The molecule has 1 rings (SSSR count). The molecule has 0 saturated heterocycles. The van der Waals surface area contributed by atoms with E-state index in [1.165, 1.54) is 12.8 Å². The summed E-state index contributed by atoms with van der Waals surface area (Å²) in [6.07, 6.45) is 1.96. The van der Waals surface area contributed by atoms with E-state index in [-0.39, 0.29) is 6.61 Å². The maximum absolute atomic E-state index is 12.2. The zero-order valence-corrected chi connectivity index (χ0v) is 4.81. The molecule has 48 valence electrons. The van der Waals surface area contributed by atoms with Crippen LogP contribution in [0.5, 0.6) is 0 Å². The van der Waals surface area contributed by atoms with Gasteiger partial charge in [-0.3, -0.25) is 0 Å². The van der Waals surface area contributed by atoms with Gasteiger partial charge in [-0.15, -0.1) is 0 Å². The van der Waals surface area contributed by atoms with Gasteiger partial charge in [-0.1, -0.05) is 12.8 Å². The van der Waals surface area contributed by atoms with Crippen molar-refractivity contribution in [2.24, 2.45) is 5.92 Å². The van der Waals surface area contributed by atoms with Gasteiger partial charge in [0.2, 0.25) is 0 Å². The predicted molar refractivity (Wildman–Crippen MR) is 29.3 cm³/mol. The van der Waals surface area contributed by atoms with Crippen molar-refractivity contribution in [2.45, 2.75) is 25.4 Å². The van der Waals surface area contributed by atoms with Crippen LogP contribution in [0.3, 0.4) is 0 Å². The van der Waals surface area contributed by atoms with Crippen LogP contribution in [-0.2, 0) is 0 Å². The summed E-state index contributed by atoms with van der Waals surface area (Å²) in [5.41, 5.74) is 0. The number of alkyl halides is 1. The first-order chi connectivity index (χ1) is 3.83. The molecule has 1 N–H and O–H groups in total. The fourth-order valence-electron chi connectivity index (χ4n) is 0.790. The number of aliphatic hydroxyl groups is 1. The molecule has 1 nitrogen and oxygen atoms in total. The third kappa shape index (κ3) is 1.78. The van der Waals surface area contributed by atoms with Crippen LogP contribution in [0.2, 0.25) is 0 Å². The molecular formula is C6H11FO. The standard InChI is InChI=1S/C6H11FO/c7-6(4-8)3-5-1-2-5/h5-6,8H,1-4H2/t6-/m1/s1. The van der Waals surface area contributed by atoms with E-state index in [0.717, 1.165) is 0 Å². The van der Waals surface area contributed by atoms with Crippen molar-refractivity contribution in [3.63, 3.8) is 0 Å². The molecular weight excluding hydrogens is 107 g/mol. The highest BCUT2D eigenvalue weighted by atomic mass is 19.1. The van der Waals surface area contributed by atoms with Gasteiger partial charge in [0, 0.05) is 0 Å². The first-order valence-corrected chi connectivity index (χ1v) is 3.08. The number of halogens is 1. The summed E-state index contributed by atoms with van der Waals surface area (Å²) in [6, 6.07) is 0. The van der Waals surface area contributed by atoms with Crippen LogP contribution in [0, 0.1) is 5.92 Å². The van der Waals surface area contributed by atoms with Gasteiger partial charge < -0.3 is 5.11 Å². The Labute approximate surface area is 48.5 Å². The molecule has 8 heavy (non-hydrogen) atoms. The van der Waals surface area contributed by atoms with Gasteiger partial charge in [-0.25, -0.2) is 4.39 Å². The first kappa shape index (κ1) is 6.02. The molecule has 0 spiro atoms. The van der Waals surface area contributed by atoms with Crippen LogP contribution in [0.4, 0.5) is 4.39 Å². The van der Waals surface area contributed by atoms with Gasteiger partial charge in [0.1, 0.15) is 6.17 Å². The second-order valence-electron chi connectivity index (χ2n) is 2.46. The maximum Gasteiger partial charge on any atom is 0.123 e. The van der Waals surface area contributed by atoms with Crippen LogP contribution >= 0.6 is 0 Å². The van der Waals surface area contributed by atoms with Crippen molar-refractivity contribution in [2.75, 3.05) is 6.61 Å². The second-order valence-corrected chi connectivity index (χ2v) is 2.46. The normalized spacial score (nSPS) is 23.2. The van der Waals surface area contributed by atoms with E-state index in [1.54, 1.807) is 0 Å². The molecule has 0 heterocycles. The third-order valence-electron chi connectivity index (χ3n) is 1.48. The fourth-order valence-corrected chi connectivity index (χ4v) is 0.790. The Kier molecular flexibility index (Phi) is 1.84. The number of rotatable bonds is 3. The van der Waals surface area contributed by atoms with Gasteiger partial charge in [0.15, 0.2) is 0 Å². The predicted octanol–water partition coefficient (Wildman–Crippen LogP) is 1.12. The summed E-state index contributed by atoms with van der Waals surface area (Å²) in [6.45, 7) is -0.295. The van der Waals surface area contributed by atoms with Crippen molar-refractivity contribution >= 4 is 0 Å². The summed E-state index contributed by atoms with van der Waals surface area (Å²) in [7, 11) is 0. The fraction of sp³-hybridized carbons (Fsp3) is 1.00. The molecule has 0 amide bonds. The molecule has 0 aromatic rings. The lowest BCUT2D eigenvalue weighted by molar-refractivity contribution is 0.165. The lowest BCUT2D eigenvalue weighted by Gasteiger charge is -1.99. The summed E-state index contributed by atoms with van der Waals surface area (Å²) in [5.74, 6) is 0.595. The summed E-state index contributed by atoms with van der Waals surface area (Å²) in [5, 5.41) is 8.24. The molecule has 1 fully saturated rings. The highest BCUT2D eigenvalue weighted by Crippen LogP contribution is 2.33. The Balaban J connectivity index is 1.98. The van der Waals surface area contributed by atoms with Crippen LogP contribution in [0.25, 0.3) is 0 Å². The minimum absolute atomic E-state index is 0.295. The quantitative estimate of drug-likeness (QED) is 0.588. The van der Waals surface area contributed by atoms with Crippen molar-refractivity contribution in [1.82, 2.24) is 0 Å². The highest BCUT2D eigenvalue weighted by Gasteiger charge is 2.24. The Morgan fingerprint density at radius 2 is 2.25 bits per heavy atom. The minimum Gasteiger partial charge on any atom is -0.393 e. The molecule has 1 atom stereocenters. The summed E-state index contributed by atoms with van der Waals surface area (Å²) in [4.78, 5) is 0. The van der Waals surface area contributed by atoms with E-state index in [0.29, 0.717) is 12.3 Å². The van der Waals surface area contributed by atoms with E-state index in [2.05, 4.69) is 0 Å². The smallest absolute Gasteiger partial charge is 0.123 e. The van der Waals surface area contributed by atoms with Crippen molar-refractivity contribution in [3.05, 3.63) is 0 Å². The first-order valence-electron chi connectivity index (χ1n) is 3.08. The molecule has 0 aliphatic heterocycles. The topological polar surface area (TPSA) is 20.2 Å². The second kappa shape index (κ2) is 2.44. The average molecular weight is 118 g/mol. The SMILES string of the molecule is OC[C@H](F)CC1CC1. The average Bonchev–Trinajstić information content (AvgIpc) is 2.50. The molecule has 1 saturated carbocycles. The minimum atomic E-state index is -0.956. The van der Waals surface area contributed by atoms with E-state index in [1.807, 2.05) is 0 Å². The summed E-state index contributed by atoms with van der Waals surface area (Å²) >= 11 is 0.